The molecule has 0 heterocycles. The summed E-state index contributed by atoms with van der Waals surface area (Å²) >= 11 is 4.74. The molecule has 0 spiro atoms. The van der Waals surface area contributed by atoms with Crippen molar-refractivity contribution in [3.05, 3.63) is 0 Å². The molecule has 1 saturated carbocycles. The minimum absolute atomic E-state index is 0.142. The average molecular weight is 276 g/mol. The second kappa shape index (κ2) is 6.65. The van der Waals surface area contributed by atoms with E-state index in [9.17, 15) is 0 Å². The van der Waals surface area contributed by atoms with E-state index in [0.717, 1.165) is 0 Å². The van der Waals surface area contributed by atoms with Gasteiger partial charge in [0.2, 0.25) is 0 Å². The standard InChI is InChI=1S/C12H25NS.2C2H6/c1-9(2)7-8-10(3,4)12(9,13)11(5,6)14;2*1-2/h14H,7-8,13H2,1-6H3;2*1-2H3. The Morgan fingerprint density at radius 3 is 1.17 bits per heavy atom. The van der Waals surface area contributed by atoms with E-state index in [4.69, 9.17) is 18.4 Å². The predicted molar refractivity (Wildman–Crippen MR) is 89.5 cm³/mol. The fourth-order valence-electron chi connectivity index (χ4n) is 3.59. The van der Waals surface area contributed by atoms with E-state index in [1.807, 2.05) is 27.7 Å². The van der Waals surface area contributed by atoms with Gasteiger partial charge in [0.15, 0.2) is 0 Å². The molecule has 0 aromatic heterocycles. The van der Waals surface area contributed by atoms with Crippen LogP contribution >= 0.6 is 12.6 Å². The molecule has 1 aliphatic rings. The molecule has 1 aliphatic carbocycles. The van der Waals surface area contributed by atoms with Crippen molar-refractivity contribution in [3.63, 3.8) is 0 Å². The molecular weight excluding hydrogens is 238 g/mol. The van der Waals surface area contributed by atoms with Crippen LogP contribution in [0.15, 0.2) is 0 Å². The van der Waals surface area contributed by atoms with E-state index in [2.05, 4.69) is 41.5 Å². The van der Waals surface area contributed by atoms with Gasteiger partial charge in [0.25, 0.3) is 0 Å². The van der Waals surface area contributed by atoms with Crippen molar-refractivity contribution >= 4 is 12.6 Å². The highest BCUT2D eigenvalue weighted by Crippen LogP contribution is 2.60. The lowest BCUT2D eigenvalue weighted by atomic mass is 9.60. The highest BCUT2D eigenvalue weighted by molar-refractivity contribution is 7.81. The lowest BCUT2D eigenvalue weighted by Crippen LogP contribution is -2.67. The summed E-state index contributed by atoms with van der Waals surface area (Å²) in [6.07, 6.45) is 2.39. The lowest BCUT2D eigenvalue weighted by Gasteiger charge is -2.54. The molecule has 0 aromatic carbocycles. The molecule has 0 unspecified atom stereocenters. The molecule has 1 fully saturated rings. The molecule has 0 bridgehead atoms. The average Bonchev–Trinajstić information content (AvgIpc) is 2.45. The first-order valence-corrected chi connectivity index (χ1v) is 7.92. The van der Waals surface area contributed by atoms with Crippen LogP contribution in [0.1, 0.15) is 82.1 Å². The third kappa shape index (κ3) is 3.25. The van der Waals surface area contributed by atoms with Crippen LogP contribution in [0.25, 0.3) is 0 Å². The third-order valence-electron chi connectivity index (χ3n) is 4.48. The van der Waals surface area contributed by atoms with Gasteiger partial charge < -0.3 is 5.73 Å². The maximum Gasteiger partial charge on any atom is 0.0398 e. The Bertz CT molecular complexity index is 220. The van der Waals surface area contributed by atoms with Crippen LogP contribution in [0, 0.1) is 10.8 Å². The van der Waals surface area contributed by atoms with Gasteiger partial charge in [-0.3, -0.25) is 0 Å². The van der Waals surface area contributed by atoms with E-state index in [-0.39, 0.29) is 21.1 Å². The van der Waals surface area contributed by atoms with Crippen LogP contribution in [0.5, 0.6) is 0 Å². The minimum Gasteiger partial charge on any atom is -0.323 e. The van der Waals surface area contributed by atoms with Crippen molar-refractivity contribution in [3.8, 4) is 0 Å². The van der Waals surface area contributed by atoms with E-state index >= 15 is 0 Å². The number of hydrogen-bond donors (Lipinski definition) is 2. The van der Waals surface area contributed by atoms with E-state index in [1.54, 1.807) is 0 Å². The lowest BCUT2D eigenvalue weighted by molar-refractivity contribution is 0.0768. The molecule has 2 N–H and O–H groups in total. The van der Waals surface area contributed by atoms with Gasteiger partial charge >= 0.3 is 0 Å². The number of hydrogen-bond acceptors (Lipinski definition) is 2. The van der Waals surface area contributed by atoms with Crippen LogP contribution in [0.3, 0.4) is 0 Å². The van der Waals surface area contributed by atoms with Crippen LogP contribution in [0.2, 0.25) is 0 Å². The Morgan fingerprint density at radius 2 is 1.06 bits per heavy atom. The summed E-state index contributed by atoms with van der Waals surface area (Å²) in [4.78, 5) is 0. The van der Waals surface area contributed by atoms with Gasteiger partial charge in [0, 0.05) is 10.3 Å². The number of nitrogens with two attached hydrogens (primary N) is 1. The molecule has 0 atom stereocenters. The number of rotatable bonds is 1. The summed E-state index contributed by atoms with van der Waals surface area (Å²) in [5.41, 5.74) is 6.84. The van der Waals surface area contributed by atoms with E-state index in [1.165, 1.54) is 12.8 Å². The predicted octanol–water partition coefficient (Wildman–Crippen LogP) is 5.29. The zero-order valence-electron chi connectivity index (χ0n) is 14.4. The molecule has 112 valence electrons. The van der Waals surface area contributed by atoms with E-state index < -0.39 is 0 Å². The largest absolute Gasteiger partial charge is 0.323 e. The molecule has 0 radical (unpaired) electrons. The molecule has 0 saturated heterocycles. The fraction of sp³-hybridized carbons (Fsp3) is 1.00. The van der Waals surface area contributed by atoms with Crippen LogP contribution in [-0.2, 0) is 0 Å². The molecule has 18 heavy (non-hydrogen) atoms. The minimum atomic E-state index is -0.212. The topological polar surface area (TPSA) is 26.0 Å². The van der Waals surface area contributed by atoms with Crippen molar-refractivity contribution in [1.82, 2.24) is 0 Å². The van der Waals surface area contributed by atoms with Gasteiger partial charge in [0.1, 0.15) is 0 Å². The van der Waals surface area contributed by atoms with Crippen LogP contribution in [0.4, 0.5) is 0 Å². The van der Waals surface area contributed by atoms with E-state index in [0.29, 0.717) is 0 Å². The third-order valence-corrected chi connectivity index (χ3v) is 4.83. The second-order valence-electron chi connectivity index (χ2n) is 6.63. The van der Waals surface area contributed by atoms with Gasteiger partial charge in [-0.2, -0.15) is 12.6 Å². The Hall–Kier alpha value is 0.310. The molecule has 0 aliphatic heterocycles. The second-order valence-corrected chi connectivity index (χ2v) is 7.75. The van der Waals surface area contributed by atoms with Crippen LogP contribution < -0.4 is 5.73 Å². The van der Waals surface area contributed by atoms with Gasteiger partial charge in [-0.05, 0) is 37.5 Å². The summed E-state index contributed by atoms with van der Waals surface area (Å²) in [7, 11) is 0. The summed E-state index contributed by atoms with van der Waals surface area (Å²) in [6.45, 7) is 21.4. The Balaban J connectivity index is 0. The first-order valence-electron chi connectivity index (χ1n) is 7.47. The highest BCUT2D eigenvalue weighted by atomic mass is 32.1. The zero-order valence-corrected chi connectivity index (χ0v) is 15.3. The quantitative estimate of drug-likeness (QED) is 0.625. The van der Waals surface area contributed by atoms with Crippen molar-refractivity contribution in [1.29, 1.82) is 0 Å². The number of thiol groups is 1. The van der Waals surface area contributed by atoms with Gasteiger partial charge in [-0.1, -0.05) is 55.4 Å². The Labute approximate surface area is 122 Å². The highest BCUT2D eigenvalue weighted by Gasteiger charge is 2.62. The first kappa shape index (κ1) is 20.6. The molecular formula is C16H37NS. The molecule has 1 rings (SSSR count). The monoisotopic (exact) mass is 275 g/mol. The summed E-state index contributed by atoms with van der Waals surface area (Å²) in [5, 5.41) is 0. The summed E-state index contributed by atoms with van der Waals surface area (Å²) in [5.74, 6) is 0. The first-order chi connectivity index (χ1) is 7.96. The van der Waals surface area contributed by atoms with Crippen molar-refractivity contribution < 1.29 is 0 Å². The maximum atomic E-state index is 6.72. The zero-order chi connectivity index (χ0) is 15.4. The van der Waals surface area contributed by atoms with Crippen molar-refractivity contribution in [2.75, 3.05) is 0 Å². The van der Waals surface area contributed by atoms with Gasteiger partial charge in [-0.15, -0.1) is 0 Å². The SMILES string of the molecule is CC.CC.CC(C)(S)C1(N)C(C)(C)CCC1(C)C. The van der Waals surface area contributed by atoms with Crippen molar-refractivity contribution in [2.45, 2.75) is 92.4 Å². The van der Waals surface area contributed by atoms with Gasteiger partial charge in [0.05, 0.1) is 0 Å². The Morgan fingerprint density at radius 1 is 0.833 bits per heavy atom. The van der Waals surface area contributed by atoms with Crippen LogP contribution in [-0.4, -0.2) is 10.3 Å². The molecule has 0 aromatic rings. The molecule has 0 amide bonds. The van der Waals surface area contributed by atoms with Gasteiger partial charge in [-0.25, -0.2) is 0 Å². The summed E-state index contributed by atoms with van der Waals surface area (Å²) in [6, 6.07) is 0. The molecule has 2 heteroatoms. The smallest absolute Gasteiger partial charge is 0.0398 e. The fourth-order valence-corrected chi connectivity index (χ4v) is 4.20. The summed E-state index contributed by atoms with van der Waals surface area (Å²) < 4.78 is -0.142. The normalized spacial score (nSPS) is 23.3. The van der Waals surface area contributed by atoms with Crippen molar-refractivity contribution in [2.24, 2.45) is 16.6 Å². The maximum absolute atomic E-state index is 6.72. The molecule has 1 nitrogen and oxygen atoms in total. The Kier molecular flexibility index (Phi) is 7.62.